The summed E-state index contributed by atoms with van der Waals surface area (Å²) in [6.45, 7) is -0.451. The summed E-state index contributed by atoms with van der Waals surface area (Å²) in [5.41, 5.74) is -1.22. The summed E-state index contributed by atoms with van der Waals surface area (Å²) in [5, 5.41) is 23.7. The van der Waals surface area contributed by atoms with Gasteiger partial charge in [-0.1, -0.05) is 6.07 Å². The molecular formula is C13H12F3N3O4. The molecule has 1 heterocycles. The van der Waals surface area contributed by atoms with Gasteiger partial charge in [0.2, 0.25) is 0 Å². The second-order valence-electron chi connectivity index (χ2n) is 4.64. The largest absolute Gasteiger partial charge is 0.491 e. The standard InChI is InChI=1S/C13H12F3N3O4/c14-13(15,16)12-4-5-18(17-12)7-10(20)8-23-11-3-1-2-9(6-11)19(21)22/h1-6,10,20H,7-8H2/t10-/m1/s1. The molecule has 0 spiro atoms. The van der Waals surface area contributed by atoms with Crippen molar-refractivity contribution in [3.8, 4) is 5.75 Å². The molecule has 1 aromatic heterocycles. The van der Waals surface area contributed by atoms with Crippen molar-refractivity contribution in [2.45, 2.75) is 18.8 Å². The number of alkyl halides is 3. The highest BCUT2D eigenvalue weighted by Gasteiger charge is 2.33. The lowest BCUT2D eigenvalue weighted by Gasteiger charge is -2.12. The first-order valence-electron chi connectivity index (χ1n) is 6.41. The predicted molar refractivity (Wildman–Crippen MR) is 71.8 cm³/mol. The minimum Gasteiger partial charge on any atom is -0.491 e. The van der Waals surface area contributed by atoms with Gasteiger partial charge in [-0.3, -0.25) is 14.8 Å². The van der Waals surface area contributed by atoms with E-state index in [9.17, 15) is 28.4 Å². The minimum absolute atomic E-state index is 0.168. The molecule has 1 aromatic carbocycles. The smallest absolute Gasteiger partial charge is 0.435 e. The number of nitro groups is 1. The van der Waals surface area contributed by atoms with Crippen LogP contribution in [-0.2, 0) is 12.7 Å². The molecule has 1 atom stereocenters. The Labute approximate surface area is 128 Å². The molecule has 0 saturated heterocycles. The summed E-state index contributed by atoms with van der Waals surface area (Å²) in [6.07, 6.45) is -4.58. The van der Waals surface area contributed by atoms with Crippen molar-refractivity contribution < 1.29 is 27.9 Å². The lowest BCUT2D eigenvalue weighted by molar-refractivity contribution is -0.384. The summed E-state index contributed by atoms with van der Waals surface area (Å²) in [5.74, 6) is 0.176. The molecule has 0 amide bonds. The van der Waals surface area contributed by atoms with Crippen molar-refractivity contribution in [2.75, 3.05) is 6.61 Å². The van der Waals surface area contributed by atoms with E-state index < -0.39 is 22.9 Å². The van der Waals surface area contributed by atoms with Crippen LogP contribution in [0.2, 0.25) is 0 Å². The molecule has 0 fully saturated rings. The first kappa shape index (κ1) is 16.7. The quantitative estimate of drug-likeness (QED) is 0.647. The Hall–Kier alpha value is -2.62. The number of aliphatic hydroxyl groups is 1. The third kappa shape index (κ3) is 4.68. The van der Waals surface area contributed by atoms with Gasteiger partial charge < -0.3 is 9.84 Å². The first-order chi connectivity index (χ1) is 10.8. The maximum Gasteiger partial charge on any atom is 0.435 e. The van der Waals surface area contributed by atoms with Crippen molar-refractivity contribution in [1.82, 2.24) is 9.78 Å². The van der Waals surface area contributed by atoms with Crippen LogP contribution in [-0.4, -0.2) is 32.5 Å². The maximum absolute atomic E-state index is 12.4. The molecule has 2 aromatic rings. The molecule has 2 rings (SSSR count). The summed E-state index contributed by atoms with van der Waals surface area (Å²) >= 11 is 0. The molecule has 0 aliphatic carbocycles. The minimum atomic E-state index is -4.55. The van der Waals surface area contributed by atoms with Crippen molar-refractivity contribution in [3.05, 3.63) is 52.3 Å². The number of benzene rings is 1. The van der Waals surface area contributed by atoms with Gasteiger partial charge in [-0.25, -0.2) is 0 Å². The molecule has 0 saturated carbocycles. The summed E-state index contributed by atoms with van der Waals surface area (Å²) < 4.78 is 43.3. The van der Waals surface area contributed by atoms with Crippen molar-refractivity contribution in [3.63, 3.8) is 0 Å². The average Bonchev–Trinajstić information content (AvgIpc) is 2.94. The zero-order chi connectivity index (χ0) is 17.0. The van der Waals surface area contributed by atoms with E-state index in [0.29, 0.717) is 0 Å². The molecule has 0 bridgehead atoms. The van der Waals surface area contributed by atoms with Gasteiger partial charge in [0.1, 0.15) is 18.5 Å². The van der Waals surface area contributed by atoms with Crippen LogP contribution < -0.4 is 4.74 Å². The van der Waals surface area contributed by atoms with Crippen LogP contribution in [0.4, 0.5) is 18.9 Å². The van der Waals surface area contributed by atoms with Crippen LogP contribution in [0.25, 0.3) is 0 Å². The number of aliphatic hydroxyl groups excluding tert-OH is 1. The van der Waals surface area contributed by atoms with Gasteiger partial charge in [0.15, 0.2) is 5.69 Å². The number of nitro benzene ring substituents is 1. The number of non-ortho nitro benzene ring substituents is 1. The van der Waals surface area contributed by atoms with Crippen LogP contribution >= 0.6 is 0 Å². The van der Waals surface area contributed by atoms with Gasteiger partial charge in [0.25, 0.3) is 5.69 Å². The van der Waals surface area contributed by atoms with Crippen LogP contribution in [0.5, 0.6) is 5.75 Å². The number of hydrogen-bond donors (Lipinski definition) is 1. The Morgan fingerprint density at radius 2 is 2.13 bits per heavy atom. The molecule has 1 N–H and O–H groups in total. The van der Waals surface area contributed by atoms with E-state index in [1.807, 2.05) is 0 Å². The second-order valence-corrected chi connectivity index (χ2v) is 4.64. The zero-order valence-corrected chi connectivity index (χ0v) is 11.6. The van der Waals surface area contributed by atoms with E-state index in [4.69, 9.17) is 4.74 Å². The SMILES string of the molecule is O=[N+]([O-])c1cccc(OC[C@H](O)Cn2ccc(C(F)(F)F)n2)c1. The molecule has 124 valence electrons. The highest BCUT2D eigenvalue weighted by atomic mass is 19.4. The Morgan fingerprint density at radius 3 is 2.74 bits per heavy atom. The predicted octanol–water partition coefficient (Wildman–Crippen LogP) is 2.25. The fourth-order valence-electron chi connectivity index (χ4n) is 1.76. The number of aromatic nitrogens is 2. The summed E-state index contributed by atoms with van der Waals surface area (Å²) in [6, 6.07) is 6.15. The van der Waals surface area contributed by atoms with Gasteiger partial charge in [-0.2, -0.15) is 18.3 Å². The van der Waals surface area contributed by atoms with Gasteiger partial charge in [-0.05, 0) is 12.1 Å². The Bertz CT molecular complexity index is 687. The third-order valence-corrected chi connectivity index (χ3v) is 2.80. The lowest BCUT2D eigenvalue weighted by Crippen LogP contribution is -2.24. The van der Waals surface area contributed by atoms with E-state index in [-0.39, 0.29) is 24.6 Å². The Balaban J connectivity index is 1.90. The fraction of sp³-hybridized carbons (Fsp3) is 0.308. The monoisotopic (exact) mass is 331 g/mol. The lowest BCUT2D eigenvalue weighted by atomic mass is 10.3. The molecule has 0 unspecified atom stereocenters. The maximum atomic E-state index is 12.4. The van der Waals surface area contributed by atoms with E-state index in [1.54, 1.807) is 0 Å². The van der Waals surface area contributed by atoms with Crippen molar-refractivity contribution in [2.24, 2.45) is 0 Å². The van der Waals surface area contributed by atoms with Crippen LogP contribution in [0, 0.1) is 10.1 Å². The van der Waals surface area contributed by atoms with Crippen LogP contribution in [0.3, 0.4) is 0 Å². The highest BCUT2D eigenvalue weighted by molar-refractivity contribution is 5.37. The number of hydrogen-bond acceptors (Lipinski definition) is 5. The van der Waals surface area contributed by atoms with Crippen molar-refractivity contribution >= 4 is 5.69 Å². The van der Waals surface area contributed by atoms with Gasteiger partial charge in [0, 0.05) is 12.3 Å². The molecule has 10 heteroatoms. The molecule has 7 nitrogen and oxygen atoms in total. The summed E-state index contributed by atoms with van der Waals surface area (Å²) in [4.78, 5) is 10.0. The topological polar surface area (TPSA) is 90.4 Å². The third-order valence-electron chi connectivity index (χ3n) is 2.80. The van der Waals surface area contributed by atoms with Crippen molar-refractivity contribution in [1.29, 1.82) is 0 Å². The number of rotatable bonds is 6. The molecule has 0 aliphatic heterocycles. The Morgan fingerprint density at radius 1 is 1.39 bits per heavy atom. The number of halogens is 3. The van der Waals surface area contributed by atoms with Gasteiger partial charge in [0.05, 0.1) is 17.5 Å². The van der Waals surface area contributed by atoms with E-state index in [2.05, 4.69) is 5.10 Å². The van der Waals surface area contributed by atoms with E-state index >= 15 is 0 Å². The molecule has 23 heavy (non-hydrogen) atoms. The van der Waals surface area contributed by atoms with E-state index in [0.717, 1.165) is 16.9 Å². The van der Waals surface area contributed by atoms with E-state index in [1.165, 1.54) is 24.3 Å². The molecular weight excluding hydrogens is 319 g/mol. The second kappa shape index (κ2) is 6.65. The fourth-order valence-corrected chi connectivity index (χ4v) is 1.76. The van der Waals surface area contributed by atoms with Gasteiger partial charge in [-0.15, -0.1) is 0 Å². The normalized spacial score (nSPS) is 12.9. The summed E-state index contributed by atoms with van der Waals surface area (Å²) in [7, 11) is 0. The number of nitrogens with zero attached hydrogens (tertiary/aromatic N) is 3. The van der Waals surface area contributed by atoms with Crippen LogP contribution in [0.15, 0.2) is 36.5 Å². The highest BCUT2D eigenvalue weighted by Crippen LogP contribution is 2.27. The molecule has 0 radical (unpaired) electrons. The zero-order valence-electron chi connectivity index (χ0n) is 11.6. The number of ether oxygens (including phenoxy) is 1. The average molecular weight is 331 g/mol. The Kier molecular flexibility index (Phi) is 4.84. The first-order valence-corrected chi connectivity index (χ1v) is 6.41. The van der Waals surface area contributed by atoms with Gasteiger partial charge >= 0.3 is 6.18 Å². The van der Waals surface area contributed by atoms with Crippen LogP contribution in [0.1, 0.15) is 5.69 Å². The molecule has 0 aliphatic rings.